The molecule has 0 aliphatic carbocycles. The van der Waals surface area contributed by atoms with Crippen molar-refractivity contribution in [1.29, 1.82) is 0 Å². The predicted molar refractivity (Wildman–Crippen MR) is 65.9 cm³/mol. The van der Waals surface area contributed by atoms with Crippen molar-refractivity contribution in [3.05, 3.63) is 35.9 Å². The SMILES string of the molecule is CCCN(C)C[C@@H](N)Cc1ccccc1. The largest absolute Gasteiger partial charge is 0.326 e. The summed E-state index contributed by atoms with van der Waals surface area (Å²) < 4.78 is 0. The molecule has 15 heavy (non-hydrogen) atoms. The summed E-state index contributed by atoms with van der Waals surface area (Å²) in [6.45, 7) is 4.30. The second kappa shape index (κ2) is 6.59. The first-order valence-corrected chi connectivity index (χ1v) is 5.70. The van der Waals surface area contributed by atoms with E-state index in [-0.39, 0.29) is 6.04 Å². The van der Waals surface area contributed by atoms with E-state index in [1.807, 2.05) is 6.07 Å². The van der Waals surface area contributed by atoms with E-state index in [4.69, 9.17) is 5.73 Å². The first kappa shape index (κ1) is 12.2. The van der Waals surface area contributed by atoms with Gasteiger partial charge in [-0.15, -0.1) is 0 Å². The van der Waals surface area contributed by atoms with Crippen molar-refractivity contribution in [2.24, 2.45) is 5.73 Å². The van der Waals surface area contributed by atoms with E-state index < -0.39 is 0 Å². The fourth-order valence-corrected chi connectivity index (χ4v) is 1.85. The van der Waals surface area contributed by atoms with Crippen LogP contribution in [0.25, 0.3) is 0 Å². The highest BCUT2D eigenvalue weighted by atomic mass is 15.1. The van der Waals surface area contributed by atoms with E-state index in [9.17, 15) is 0 Å². The molecule has 0 aliphatic heterocycles. The highest BCUT2D eigenvalue weighted by Crippen LogP contribution is 2.02. The Morgan fingerprint density at radius 3 is 2.53 bits per heavy atom. The molecule has 0 unspecified atom stereocenters. The normalized spacial score (nSPS) is 13.1. The van der Waals surface area contributed by atoms with Crippen LogP contribution in [0.3, 0.4) is 0 Å². The summed E-state index contributed by atoms with van der Waals surface area (Å²) in [5, 5.41) is 0. The molecule has 84 valence electrons. The average Bonchev–Trinajstić information content (AvgIpc) is 2.19. The third-order valence-corrected chi connectivity index (χ3v) is 2.49. The van der Waals surface area contributed by atoms with Crippen LogP contribution in [-0.4, -0.2) is 31.1 Å². The van der Waals surface area contributed by atoms with Crippen LogP contribution in [0, 0.1) is 0 Å². The molecule has 1 rings (SSSR count). The van der Waals surface area contributed by atoms with Crippen LogP contribution in [0.5, 0.6) is 0 Å². The van der Waals surface area contributed by atoms with E-state index in [2.05, 4.69) is 43.1 Å². The summed E-state index contributed by atoms with van der Waals surface area (Å²) in [5.41, 5.74) is 7.42. The molecule has 0 fully saturated rings. The quantitative estimate of drug-likeness (QED) is 0.770. The Morgan fingerprint density at radius 2 is 1.93 bits per heavy atom. The number of hydrogen-bond acceptors (Lipinski definition) is 2. The Balaban J connectivity index is 2.33. The first-order valence-electron chi connectivity index (χ1n) is 5.70. The molecule has 1 atom stereocenters. The van der Waals surface area contributed by atoms with Crippen LogP contribution >= 0.6 is 0 Å². The fraction of sp³-hybridized carbons (Fsp3) is 0.538. The van der Waals surface area contributed by atoms with Gasteiger partial charge in [-0.05, 0) is 32.0 Å². The van der Waals surface area contributed by atoms with Crippen molar-refractivity contribution < 1.29 is 0 Å². The number of nitrogens with two attached hydrogens (primary N) is 1. The summed E-state index contributed by atoms with van der Waals surface area (Å²) in [7, 11) is 2.13. The lowest BCUT2D eigenvalue weighted by Crippen LogP contribution is -2.37. The van der Waals surface area contributed by atoms with E-state index in [1.165, 1.54) is 12.0 Å². The molecule has 0 spiro atoms. The first-order chi connectivity index (χ1) is 7.22. The predicted octanol–water partition coefficient (Wildman–Crippen LogP) is 1.90. The summed E-state index contributed by atoms with van der Waals surface area (Å²) in [6.07, 6.45) is 2.16. The number of likely N-dealkylation sites (N-methyl/N-ethyl adjacent to an activating group) is 1. The maximum atomic E-state index is 6.10. The summed E-state index contributed by atoms with van der Waals surface area (Å²) in [4.78, 5) is 2.30. The minimum absolute atomic E-state index is 0.240. The standard InChI is InChI=1S/C13H22N2/c1-3-9-15(2)11-13(14)10-12-7-5-4-6-8-12/h4-8,13H,3,9-11,14H2,1-2H3/t13-/m0/s1. The Hall–Kier alpha value is -0.860. The van der Waals surface area contributed by atoms with Crippen LogP contribution in [0.1, 0.15) is 18.9 Å². The van der Waals surface area contributed by atoms with Gasteiger partial charge in [0.05, 0.1) is 0 Å². The van der Waals surface area contributed by atoms with Crippen LogP contribution in [0.4, 0.5) is 0 Å². The topological polar surface area (TPSA) is 29.3 Å². The molecule has 1 aromatic carbocycles. The molecule has 2 heteroatoms. The Kier molecular flexibility index (Phi) is 5.37. The van der Waals surface area contributed by atoms with Crippen molar-refractivity contribution in [1.82, 2.24) is 4.90 Å². The molecule has 0 saturated carbocycles. The molecule has 0 amide bonds. The number of benzene rings is 1. The van der Waals surface area contributed by atoms with Gasteiger partial charge < -0.3 is 10.6 Å². The molecule has 0 aliphatic rings. The van der Waals surface area contributed by atoms with E-state index in [0.29, 0.717) is 0 Å². The zero-order valence-electron chi connectivity index (χ0n) is 9.82. The van der Waals surface area contributed by atoms with Crippen LogP contribution in [0.2, 0.25) is 0 Å². The van der Waals surface area contributed by atoms with Crippen molar-refractivity contribution in [3.8, 4) is 0 Å². The summed E-state index contributed by atoms with van der Waals surface area (Å²) in [5.74, 6) is 0. The Labute approximate surface area is 93.1 Å². The van der Waals surface area contributed by atoms with Gasteiger partial charge in [0.15, 0.2) is 0 Å². The average molecular weight is 206 g/mol. The minimum atomic E-state index is 0.240. The van der Waals surface area contributed by atoms with Gasteiger partial charge in [-0.3, -0.25) is 0 Å². The maximum Gasteiger partial charge on any atom is 0.0208 e. The van der Waals surface area contributed by atoms with E-state index in [1.54, 1.807) is 0 Å². The second-order valence-electron chi connectivity index (χ2n) is 4.21. The van der Waals surface area contributed by atoms with Crippen molar-refractivity contribution in [3.63, 3.8) is 0 Å². The summed E-state index contributed by atoms with van der Waals surface area (Å²) >= 11 is 0. The monoisotopic (exact) mass is 206 g/mol. The molecular weight excluding hydrogens is 184 g/mol. The van der Waals surface area contributed by atoms with Crippen LogP contribution < -0.4 is 5.73 Å². The van der Waals surface area contributed by atoms with Gasteiger partial charge in [-0.25, -0.2) is 0 Å². The Morgan fingerprint density at radius 1 is 1.27 bits per heavy atom. The minimum Gasteiger partial charge on any atom is -0.326 e. The smallest absolute Gasteiger partial charge is 0.0208 e. The van der Waals surface area contributed by atoms with Gasteiger partial charge in [-0.2, -0.15) is 0 Å². The molecule has 2 nitrogen and oxygen atoms in total. The van der Waals surface area contributed by atoms with Gasteiger partial charge in [0.25, 0.3) is 0 Å². The molecule has 0 heterocycles. The Bertz CT molecular complexity index is 258. The van der Waals surface area contributed by atoms with Gasteiger partial charge >= 0.3 is 0 Å². The number of rotatable bonds is 6. The number of nitrogens with zero attached hydrogens (tertiary/aromatic N) is 1. The van der Waals surface area contributed by atoms with E-state index >= 15 is 0 Å². The molecule has 2 N–H and O–H groups in total. The van der Waals surface area contributed by atoms with Gasteiger partial charge in [0.2, 0.25) is 0 Å². The van der Waals surface area contributed by atoms with Crippen molar-refractivity contribution in [2.75, 3.05) is 20.1 Å². The van der Waals surface area contributed by atoms with Gasteiger partial charge in [0, 0.05) is 12.6 Å². The highest BCUT2D eigenvalue weighted by Gasteiger charge is 2.06. The molecule has 0 bridgehead atoms. The van der Waals surface area contributed by atoms with Gasteiger partial charge in [-0.1, -0.05) is 37.3 Å². The van der Waals surface area contributed by atoms with Crippen molar-refractivity contribution >= 4 is 0 Å². The highest BCUT2D eigenvalue weighted by molar-refractivity contribution is 5.15. The molecule has 0 saturated heterocycles. The van der Waals surface area contributed by atoms with Gasteiger partial charge in [0.1, 0.15) is 0 Å². The lowest BCUT2D eigenvalue weighted by Gasteiger charge is -2.20. The van der Waals surface area contributed by atoms with Crippen LogP contribution in [-0.2, 0) is 6.42 Å². The fourth-order valence-electron chi connectivity index (χ4n) is 1.85. The second-order valence-corrected chi connectivity index (χ2v) is 4.21. The lowest BCUT2D eigenvalue weighted by molar-refractivity contribution is 0.310. The zero-order chi connectivity index (χ0) is 11.1. The molecular formula is C13H22N2. The molecule has 0 radical (unpaired) electrons. The number of hydrogen-bond donors (Lipinski definition) is 1. The lowest BCUT2D eigenvalue weighted by atomic mass is 10.1. The third kappa shape index (κ3) is 4.96. The summed E-state index contributed by atoms with van der Waals surface area (Å²) in [6, 6.07) is 10.7. The zero-order valence-corrected chi connectivity index (χ0v) is 9.82. The van der Waals surface area contributed by atoms with Crippen molar-refractivity contribution in [2.45, 2.75) is 25.8 Å². The van der Waals surface area contributed by atoms with Crippen LogP contribution in [0.15, 0.2) is 30.3 Å². The molecule has 1 aromatic rings. The third-order valence-electron chi connectivity index (χ3n) is 2.49. The van der Waals surface area contributed by atoms with E-state index in [0.717, 1.165) is 19.5 Å². The molecule has 0 aromatic heterocycles. The maximum absolute atomic E-state index is 6.10.